The summed E-state index contributed by atoms with van der Waals surface area (Å²) in [6, 6.07) is 6.81. The highest BCUT2D eigenvalue weighted by Gasteiger charge is 2.00. The van der Waals surface area contributed by atoms with Gasteiger partial charge in [0.05, 0.1) is 7.11 Å². The fourth-order valence-corrected chi connectivity index (χ4v) is 1.23. The van der Waals surface area contributed by atoms with Crippen molar-refractivity contribution in [1.82, 2.24) is 0 Å². The highest BCUT2D eigenvalue weighted by molar-refractivity contribution is 8.06. The standard InChI is InChI=1S/C11H9NO2S/c1-14-10-4-2-9(3-5-10)11(13)6-7-15-8-12/h2-7H,1H3/b7-6-. The van der Waals surface area contributed by atoms with Gasteiger partial charge in [0.25, 0.3) is 0 Å². The molecule has 1 rings (SSSR count). The molecule has 76 valence electrons. The van der Waals surface area contributed by atoms with E-state index in [1.54, 1.807) is 31.4 Å². The minimum Gasteiger partial charge on any atom is -0.497 e. The van der Waals surface area contributed by atoms with Crippen LogP contribution in [0.2, 0.25) is 0 Å². The first-order chi connectivity index (χ1) is 7.27. The molecule has 4 heteroatoms. The molecular formula is C11H9NO2S. The number of methoxy groups -OCH3 is 1. The molecule has 0 saturated carbocycles. The molecule has 0 aliphatic carbocycles. The first-order valence-electron chi connectivity index (χ1n) is 4.17. The minimum atomic E-state index is -0.125. The van der Waals surface area contributed by atoms with E-state index in [1.165, 1.54) is 11.5 Å². The van der Waals surface area contributed by atoms with E-state index in [2.05, 4.69) is 0 Å². The zero-order chi connectivity index (χ0) is 11.1. The predicted octanol–water partition coefficient (Wildman–Crippen LogP) is 2.61. The fourth-order valence-electron chi connectivity index (χ4n) is 0.978. The van der Waals surface area contributed by atoms with Crippen LogP contribution >= 0.6 is 11.8 Å². The van der Waals surface area contributed by atoms with Gasteiger partial charge in [-0.05, 0) is 47.5 Å². The van der Waals surface area contributed by atoms with Crippen molar-refractivity contribution < 1.29 is 9.53 Å². The number of nitriles is 1. The Bertz CT molecular complexity index is 404. The SMILES string of the molecule is COc1ccc(C(=O)/C=C\SC#N)cc1. The molecule has 0 unspecified atom stereocenters. The molecule has 0 atom stereocenters. The Morgan fingerprint density at radius 3 is 2.67 bits per heavy atom. The molecule has 1 aromatic rings. The van der Waals surface area contributed by atoms with Crippen LogP contribution in [-0.4, -0.2) is 12.9 Å². The molecule has 15 heavy (non-hydrogen) atoms. The van der Waals surface area contributed by atoms with Gasteiger partial charge in [0.1, 0.15) is 11.2 Å². The van der Waals surface area contributed by atoms with E-state index < -0.39 is 0 Å². The van der Waals surface area contributed by atoms with Crippen molar-refractivity contribution in [2.24, 2.45) is 0 Å². The zero-order valence-electron chi connectivity index (χ0n) is 8.14. The zero-order valence-corrected chi connectivity index (χ0v) is 8.95. The van der Waals surface area contributed by atoms with E-state index in [9.17, 15) is 4.79 Å². The van der Waals surface area contributed by atoms with Crippen LogP contribution in [0, 0.1) is 10.7 Å². The summed E-state index contributed by atoms with van der Waals surface area (Å²) in [4.78, 5) is 11.5. The van der Waals surface area contributed by atoms with Crippen molar-refractivity contribution in [1.29, 1.82) is 5.26 Å². The molecule has 0 aliphatic heterocycles. The Hall–Kier alpha value is -1.73. The average Bonchev–Trinajstić information content (AvgIpc) is 2.29. The van der Waals surface area contributed by atoms with Gasteiger partial charge in [0, 0.05) is 5.56 Å². The average molecular weight is 219 g/mol. The Kier molecular flexibility index (Phi) is 4.45. The summed E-state index contributed by atoms with van der Waals surface area (Å²) in [5.74, 6) is 0.585. The summed E-state index contributed by atoms with van der Waals surface area (Å²) in [5, 5.41) is 11.6. The maximum absolute atomic E-state index is 11.5. The third-order valence-electron chi connectivity index (χ3n) is 1.71. The molecule has 3 nitrogen and oxygen atoms in total. The number of carbonyl (C=O) groups is 1. The quantitative estimate of drug-likeness (QED) is 0.443. The number of hydrogen-bond acceptors (Lipinski definition) is 4. The molecular weight excluding hydrogens is 210 g/mol. The normalized spacial score (nSPS) is 9.87. The molecule has 1 aromatic carbocycles. The van der Waals surface area contributed by atoms with Crippen molar-refractivity contribution in [3.05, 3.63) is 41.3 Å². The molecule has 0 aliphatic rings. The van der Waals surface area contributed by atoms with Crippen LogP contribution in [0.15, 0.2) is 35.7 Å². The second-order valence-corrected chi connectivity index (χ2v) is 3.30. The van der Waals surface area contributed by atoms with Gasteiger partial charge < -0.3 is 4.74 Å². The van der Waals surface area contributed by atoms with Gasteiger partial charge in [-0.3, -0.25) is 4.79 Å². The first-order valence-corrected chi connectivity index (χ1v) is 5.05. The van der Waals surface area contributed by atoms with Crippen molar-refractivity contribution in [2.45, 2.75) is 0 Å². The van der Waals surface area contributed by atoms with E-state index in [0.717, 1.165) is 11.8 Å². The molecule has 0 saturated heterocycles. The largest absolute Gasteiger partial charge is 0.497 e. The Balaban J connectivity index is 2.71. The van der Waals surface area contributed by atoms with Gasteiger partial charge in [-0.1, -0.05) is 0 Å². The summed E-state index contributed by atoms with van der Waals surface area (Å²) in [6.07, 6.45) is 1.37. The predicted molar refractivity (Wildman–Crippen MR) is 59.7 cm³/mol. The second kappa shape index (κ2) is 5.89. The molecule has 0 amide bonds. The van der Waals surface area contributed by atoms with E-state index in [0.29, 0.717) is 11.3 Å². The molecule has 0 heterocycles. The number of hydrogen-bond donors (Lipinski definition) is 0. The number of rotatable bonds is 4. The summed E-state index contributed by atoms with van der Waals surface area (Å²) in [6.45, 7) is 0. The molecule has 0 N–H and O–H groups in total. The third-order valence-corrected chi connectivity index (χ3v) is 2.09. The number of ether oxygens (including phenoxy) is 1. The number of nitrogens with zero attached hydrogens (tertiary/aromatic N) is 1. The van der Waals surface area contributed by atoms with E-state index in [4.69, 9.17) is 10.00 Å². The number of allylic oxidation sites excluding steroid dienone is 1. The fraction of sp³-hybridized carbons (Fsp3) is 0.0909. The highest BCUT2D eigenvalue weighted by Crippen LogP contribution is 2.12. The highest BCUT2D eigenvalue weighted by atomic mass is 32.2. The van der Waals surface area contributed by atoms with Gasteiger partial charge >= 0.3 is 0 Å². The maximum Gasteiger partial charge on any atom is 0.186 e. The van der Waals surface area contributed by atoms with Crippen LogP contribution < -0.4 is 4.74 Å². The summed E-state index contributed by atoms with van der Waals surface area (Å²) in [7, 11) is 1.57. The van der Waals surface area contributed by atoms with Crippen LogP contribution in [0.1, 0.15) is 10.4 Å². The Labute approximate surface area is 92.4 Å². The smallest absolute Gasteiger partial charge is 0.186 e. The molecule has 0 spiro atoms. The van der Waals surface area contributed by atoms with Crippen molar-refractivity contribution in [2.75, 3.05) is 7.11 Å². The second-order valence-electron chi connectivity index (χ2n) is 2.60. The van der Waals surface area contributed by atoms with Crippen molar-refractivity contribution in [3.63, 3.8) is 0 Å². The van der Waals surface area contributed by atoms with Crippen molar-refractivity contribution >= 4 is 17.5 Å². The van der Waals surface area contributed by atoms with Crippen LogP contribution in [-0.2, 0) is 0 Å². The van der Waals surface area contributed by atoms with E-state index in [1.807, 2.05) is 5.40 Å². The molecule has 0 aromatic heterocycles. The maximum atomic E-state index is 11.5. The van der Waals surface area contributed by atoms with Gasteiger partial charge in [0.15, 0.2) is 5.78 Å². The third kappa shape index (κ3) is 3.49. The van der Waals surface area contributed by atoms with Gasteiger partial charge in [-0.15, -0.1) is 0 Å². The molecule has 0 fully saturated rings. The summed E-state index contributed by atoms with van der Waals surface area (Å²) < 4.78 is 4.97. The molecule has 0 radical (unpaired) electrons. The number of thiocyanates is 1. The number of thioether (sulfide) groups is 1. The van der Waals surface area contributed by atoms with Gasteiger partial charge in [-0.2, -0.15) is 5.26 Å². The van der Waals surface area contributed by atoms with Crippen molar-refractivity contribution in [3.8, 4) is 11.2 Å². The monoisotopic (exact) mass is 219 g/mol. The lowest BCUT2D eigenvalue weighted by Crippen LogP contribution is -1.93. The number of carbonyl (C=O) groups excluding carboxylic acids is 1. The number of benzene rings is 1. The summed E-state index contributed by atoms with van der Waals surface area (Å²) in [5.41, 5.74) is 0.575. The lowest BCUT2D eigenvalue weighted by atomic mass is 10.1. The van der Waals surface area contributed by atoms with Crippen LogP contribution in [0.25, 0.3) is 0 Å². The van der Waals surface area contributed by atoms with Gasteiger partial charge in [0.2, 0.25) is 0 Å². The number of ketones is 1. The Morgan fingerprint density at radius 1 is 1.47 bits per heavy atom. The lowest BCUT2D eigenvalue weighted by molar-refractivity contribution is 0.104. The Morgan fingerprint density at radius 2 is 2.13 bits per heavy atom. The van der Waals surface area contributed by atoms with E-state index in [-0.39, 0.29) is 5.78 Å². The van der Waals surface area contributed by atoms with Crippen LogP contribution in [0.5, 0.6) is 5.75 Å². The lowest BCUT2D eigenvalue weighted by Gasteiger charge is -1.99. The first kappa shape index (κ1) is 11.3. The van der Waals surface area contributed by atoms with Crippen LogP contribution in [0.4, 0.5) is 0 Å². The van der Waals surface area contributed by atoms with Gasteiger partial charge in [-0.25, -0.2) is 0 Å². The van der Waals surface area contributed by atoms with E-state index >= 15 is 0 Å². The topological polar surface area (TPSA) is 50.1 Å². The molecule has 0 bridgehead atoms. The van der Waals surface area contributed by atoms with Crippen LogP contribution in [0.3, 0.4) is 0 Å². The minimum absolute atomic E-state index is 0.125. The summed E-state index contributed by atoms with van der Waals surface area (Å²) >= 11 is 0.918.